The lowest BCUT2D eigenvalue weighted by Crippen LogP contribution is -2.01. The summed E-state index contributed by atoms with van der Waals surface area (Å²) >= 11 is 1.62. The number of anilines is 1. The molecule has 5 heteroatoms. The molecular formula is C13H14N2O2S. The zero-order chi connectivity index (χ0) is 13.0. The molecule has 94 valence electrons. The van der Waals surface area contributed by atoms with Crippen LogP contribution in [0.1, 0.15) is 6.42 Å². The standard InChI is InChI=1S/C13H14N2O2S/c1-17-13(16)5-7-18-12-4-6-15-11-8-9(14)2-3-10(11)12/h2-4,6,8H,5,7,14H2,1H3. The van der Waals surface area contributed by atoms with Gasteiger partial charge in [0, 0.05) is 27.9 Å². The minimum absolute atomic E-state index is 0.190. The Balaban J connectivity index is 2.15. The summed E-state index contributed by atoms with van der Waals surface area (Å²) in [4.78, 5) is 16.4. The summed E-state index contributed by atoms with van der Waals surface area (Å²) in [6, 6.07) is 7.60. The van der Waals surface area contributed by atoms with E-state index in [-0.39, 0.29) is 5.97 Å². The van der Waals surface area contributed by atoms with E-state index < -0.39 is 0 Å². The Morgan fingerprint density at radius 3 is 3.06 bits per heavy atom. The predicted molar refractivity (Wildman–Crippen MR) is 73.5 cm³/mol. The molecule has 0 aliphatic rings. The van der Waals surface area contributed by atoms with E-state index in [0.29, 0.717) is 17.9 Å². The molecule has 0 saturated heterocycles. The minimum atomic E-state index is -0.190. The number of nitrogen functional groups attached to an aromatic ring is 1. The Bertz CT molecular complexity index is 572. The zero-order valence-corrected chi connectivity index (χ0v) is 10.9. The fourth-order valence-corrected chi connectivity index (χ4v) is 2.58. The Morgan fingerprint density at radius 1 is 1.44 bits per heavy atom. The highest BCUT2D eigenvalue weighted by Crippen LogP contribution is 2.28. The summed E-state index contributed by atoms with van der Waals surface area (Å²) < 4.78 is 4.61. The van der Waals surface area contributed by atoms with Crippen LogP contribution in [0.25, 0.3) is 10.9 Å². The van der Waals surface area contributed by atoms with Gasteiger partial charge in [-0.3, -0.25) is 9.78 Å². The van der Waals surface area contributed by atoms with E-state index in [4.69, 9.17) is 5.73 Å². The molecule has 4 nitrogen and oxygen atoms in total. The first-order valence-corrected chi connectivity index (χ1v) is 6.53. The Hall–Kier alpha value is -1.75. The third kappa shape index (κ3) is 2.92. The first-order valence-electron chi connectivity index (χ1n) is 5.54. The summed E-state index contributed by atoms with van der Waals surface area (Å²) in [5.41, 5.74) is 7.30. The highest BCUT2D eigenvalue weighted by Gasteiger charge is 2.05. The Kier molecular flexibility index (Phi) is 4.04. The molecular weight excluding hydrogens is 248 g/mol. The van der Waals surface area contributed by atoms with E-state index in [1.165, 1.54) is 7.11 Å². The van der Waals surface area contributed by atoms with Crippen LogP contribution in [0, 0.1) is 0 Å². The van der Waals surface area contributed by atoms with Gasteiger partial charge in [-0.2, -0.15) is 0 Å². The van der Waals surface area contributed by atoms with Gasteiger partial charge in [-0.15, -0.1) is 11.8 Å². The number of methoxy groups -OCH3 is 1. The predicted octanol–water partition coefficient (Wildman–Crippen LogP) is 2.47. The maximum Gasteiger partial charge on any atom is 0.306 e. The molecule has 2 N–H and O–H groups in total. The number of carbonyl (C=O) groups excluding carboxylic acids is 1. The number of nitrogens with zero attached hydrogens (tertiary/aromatic N) is 1. The lowest BCUT2D eigenvalue weighted by Gasteiger charge is -2.05. The van der Waals surface area contributed by atoms with Crippen molar-refractivity contribution in [3.05, 3.63) is 30.5 Å². The van der Waals surface area contributed by atoms with Crippen molar-refractivity contribution in [2.75, 3.05) is 18.6 Å². The molecule has 0 bridgehead atoms. The highest BCUT2D eigenvalue weighted by molar-refractivity contribution is 7.99. The smallest absolute Gasteiger partial charge is 0.306 e. The van der Waals surface area contributed by atoms with Crippen molar-refractivity contribution in [3.8, 4) is 0 Å². The number of ether oxygens (including phenoxy) is 1. The van der Waals surface area contributed by atoms with Crippen molar-refractivity contribution in [3.63, 3.8) is 0 Å². The van der Waals surface area contributed by atoms with E-state index >= 15 is 0 Å². The van der Waals surface area contributed by atoms with Crippen LogP contribution >= 0.6 is 11.8 Å². The van der Waals surface area contributed by atoms with Crippen molar-refractivity contribution < 1.29 is 9.53 Å². The molecule has 0 fully saturated rings. The van der Waals surface area contributed by atoms with Crippen LogP contribution in [-0.2, 0) is 9.53 Å². The maximum absolute atomic E-state index is 11.0. The number of aromatic nitrogens is 1. The summed E-state index contributed by atoms with van der Waals surface area (Å²) in [5, 5.41) is 1.06. The van der Waals surface area contributed by atoms with E-state index in [1.807, 2.05) is 24.3 Å². The normalized spacial score (nSPS) is 10.5. The fraction of sp³-hybridized carbons (Fsp3) is 0.231. The summed E-state index contributed by atoms with van der Waals surface area (Å²) in [5.74, 6) is 0.501. The fourth-order valence-electron chi connectivity index (χ4n) is 1.61. The van der Waals surface area contributed by atoms with Crippen molar-refractivity contribution in [1.29, 1.82) is 0 Å². The van der Waals surface area contributed by atoms with Gasteiger partial charge in [-0.25, -0.2) is 0 Å². The van der Waals surface area contributed by atoms with E-state index in [1.54, 1.807) is 18.0 Å². The Labute approximate surface area is 110 Å². The summed E-state index contributed by atoms with van der Waals surface area (Å²) in [6.45, 7) is 0. The number of thioether (sulfide) groups is 1. The number of hydrogen-bond donors (Lipinski definition) is 1. The van der Waals surface area contributed by atoms with Gasteiger partial charge in [0.25, 0.3) is 0 Å². The number of benzene rings is 1. The lowest BCUT2D eigenvalue weighted by atomic mass is 10.2. The summed E-state index contributed by atoms with van der Waals surface area (Å²) in [6.07, 6.45) is 2.15. The van der Waals surface area contributed by atoms with Gasteiger partial charge in [0.1, 0.15) is 0 Å². The molecule has 1 heterocycles. The monoisotopic (exact) mass is 262 g/mol. The average molecular weight is 262 g/mol. The van der Waals surface area contributed by atoms with Crippen LogP contribution in [0.4, 0.5) is 5.69 Å². The molecule has 0 aliphatic heterocycles. The average Bonchev–Trinajstić information content (AvgIpc) is 2.38. The molecule has 18 heavy (non-hydrogen) atoms. The highest BCUT2D eigenvalue weighted by atomic mass is 32.2. The van der Waals surface area contributed by atoms with Gasteiger partial charge in [0.2, 0.25) is 0 Å². The van der Waals surface area contributed by atoms with Gasteiger partial charge in [0.05, 0.1) is 19.0 Å². The van der Waals surface area contributed by atoms with Crippen LogP contribution in [0.3, 0.4) is 0 Å². The molecule has 1 aromatic carbocycles. The van der Waals surface area contributed by atoms with Crippen LogP contribution in [-0.4, -0.2) is 23.8 Å². The van der Waals surface area contributed by atoms with Crippen LogP contribution in [0.2, 0.25) is 0 Å². The van der Waals surface area contributed by atoms with Crippen molar-refractivity contribution in [2.24, 2.45) is 0 Å². The molecule has 0 amide bonds. The van der Waals surface area contributed by atoms with Gasteiger partial charge >= 0.3 is 5.97 Å². The second-order valence-corrected chi connectivity index (χ2v) is 4.90. The van der Waals surface area contributed by atoms with Gasteiger partial charge in [-0.1, -0.05) is 0 Å². The second-order valence-electron chi connectivity index (χ2n) is 3.76. The van der Waals surface area contributed by atoms with Crippen LogP contribution in [0.5, 0.6) is 0 Å². The number of hydrogen-bond acceptors (Lipinski definition) is 5. The third-order valence-corrected chi connectivity index (χ3v) is 3.59. The first kappa shape index (κ1) is 12.7. The number of pyridine rings is 1. The number of nitrogens with two attached hydrogens (primary N) is 1. The third-order valence-electron chi connectivity index (χ3n) is 2.52. The molecule has 1 aromatic heterocycles. The Morgan fingerprint density at radius 2 is 2.28 bits per heavy atom. The van der Waals surface area contributed by atoms with E-state index in [0.717, 1.165) is 15.8 Å². The zero-order valence-electron chi connectivity index (χ0n) is 10.1. The molecule has 0 radical (unpaired) electrons. The van der Waals surface area contributed by atoms with Gasteiger partial charge < -0.3 is 10.5 Å². The maximum atomic E-state index is 11.0. The van der Waals surface area contributed by atoms with Crippen molar-refractivity contribution >= 4 is 34.3 Å². The van der Waals surface area contributed by atoms with Gasteiger partial charge in [0.15, 0.2) is 0 Å². The number of rotatable bonds is 4. The molecule has 2 rings (SSSR count). The molecule has 2 aromatic rings. The van der Waals surface area contributed by atoms with E-state index in [9.17, 15) is 4.79 Å². The van der Waals surface area contributed by atoms with Crippen molar-refractivity contribution in [2.45, 2.75) is 11.3 Å². The largest absolute Gasteiger partial charge is 0.469 e. The van der Waals surface area contributed by atoms with Gasteiger partial charge in [-0.05, 0) is 24.3 Å². The van der Waals surface area contributed by atoms with E-state index in [2.05, 4.69) is 9.72 Å². The number of carbonyl (C=O) groups is 1. The molecule has 0 aliphatic carbocycles. The minimum Gasteiger partial charge on any atom is -0.469 e. The molecule has 0 unspecified atom stereocenters. The molecule has 0 saturated carbocycles. The number of esters is 1. The number of fused-ring (bicyclic) bond motifs is 1. The molecule has 0 spiro atoms. The lowest BCUT2D eigenvalue weighted by molar-refractivity contribution is -0.140. The van der Waals surface area contributed by atoms with Crippen molar-refractivity contribution in [1.82, 2.24) is 4.98 Å². The SMILES string of the molecule is COC(=O)CCSc1ccnc2cc(N)ccc12. The topological polar surface area (TPSA) is 65.2 Å². The second kappa shape index (κ2) is 5.73. The molecule has 0 atom stereocenters. The van der Waals surface area contributed by atoms with Crippen LogP contribution < -0.4 is 5.73 Å². The van der Waals surface area contributed by atoms with Crippen LogP contribution in [0.15, 0.2) is 35.4 Å². The summed E-state index contributed by atoms with van der Waals surface area (Å²) in [7, 11) is 1.40. The quantitative estimate of drug-likeness (QED) is 0.521. The first-order chi connectivity index (χ1) is 8.70.